The summed E-state index contributed by atoms with van der Waals surface area (Å²) in [5.41, 5.74) is 7.06. The van der Waals surface area contributed by atoms with Crippen LogP contribution in [0.4, 0.5) is 0 Å². The molecule has 0 bridgehead atoms. The van der Waals surface area contributed by atoms with Crippen LogP contribution in [0.5, 0.6) is 0 Å². The number of amides is 3. The van der Waals surface area contributed by atoms with Crippen molar-refractivity contribution in [1.29, 1.82) is 0 Å². The highest BCUT2D eigenvalue weighted by Gasteiger charge is 2.39. The van der Waals surface area contributed by atoms with Gasteiger partial charge in [0.05, 0.1) is 6.10 Å². The van der Waals surface area contributed by atoms with Crippen molar-refractivity contribution in [3.63, 3.8) is 0 Å². The fourth-order valence-electron chi connectivity index (χ4n) is 3.90. The van der Waals surface area contributed by atoms with E-state index in [2.05, 4.69) is 10.3 Å². The average molecular weight is 465 g/mol. The normalized spacial score (nSPS) is 19.1. The molecule has 1 aliphatic rings. The van der Waals surface area contributed by atoms with E-state index >= 15 is 0 Å². The van der Waals surface area contributed by atoms with Gasteiger partial charge in [0.25, 0.3) is 0 Å². The van der Waals surface area contributed by atoms with E-state index in [4.69, 9.17) is 22.4 Å². The number of hydrogen-bond acceptors (Lipinski definition) is 5. The number of aryl methyl sites for hydroxylation is 1. The number of benzene rings is 1. The fourth-order valence-corrected chi connectivity index (χ4v) is 4.07. The van der Waals surface area contributed by atoms with Gasteiger partial charge in [0.1, 0.15) is 12.1 Å². The molecule has 0 spiro atoms. The van der Waals surface area contributed by atoms with Gasteiger partial charge < -0.3 is 31.1 Å². The van der Waals surface area contributed by atoms with Crippen LogP contribution in [-0.2, 0) is 25.6 Å². The molecule has 1 aliphatic heterocycles. The number of aromatic amines is 1. The number of rotatable bonds is 9. The second kappa shape index (κ2) is 10.0. The number of nitrogens with two attached hydrogens (primary N) is 1. The van der Waals surface area contributed by atoms with Gasteiger partial charge >= 0.3 is 5.97 Å². The number of aliphatic hydroxyl groups excluding tert-OH is 1. The molecule has 0 saturated carbocycles. The van der Waals surface area contributed by atoms with E-state index < -0.39 is 36.0 Å². The number of aliphatic hydroxyl groups is 1. The average Bonchev–Trinajstić information content (AvgIpc) is 3.31. The SMILES string of the molecule is NC(=O)C(CCC(=O)O)NC(=O)[C@@H]1C[C@@H](O)CN1C(=O)CCc1c[nH]c2ccc(Cl)cc12. The molecular weight excluding hydrogens is 440 g/mol. The first kappa shape index (κ1) is 23.6. The molecule has 1 unspecified atom stereocenters. The van der Waals surface area contributed by atoms with E-state index in [0.717, 1.165) is 16.5 Å². The number of halogens is 1. The predicted octanol–water partition coefficient (Wildman–Crippen LogP) is 0.551. The van der Waals surface area contributed by atoms with Crippen LogP contribution in [0.25, 0.3) is 10.9 Å². The lowest BCUT2D eigenvalue weighted by Gasteiger charge is -2.25. The zero-order chi connectivity index (χ0) is 23.4. The van der Waals surface area contributed by atoms with E-state index in [1.165, 1.54) is 4.90 Å². The Morgan fingerprint density at radius 1 is 1.28 bits per heavy atom. The van der Waals surface area contributed by atoms with Crippen molar-refractivity contribution in [3.8, 4) is 0 Å². The van der Waals surface area contributed by atoms with Crippen LogP contribution < -0.4 is 11.1 Å². The number of β-amino-alcohol motifs (C(OH)–C–C–N with tert-alkyl or cyclic N) is 1. The lowest BCUT2D eigenvalue weighted by Crippen LogP contribution is -2.52. The molecule has 3 atom stereocenters. The fraction of sp³-hybridized carbons (Fsp3) is 0.429. The molecule has 1 fully saturated rings. The van der Waals surface area contributed by atoms with Crippen molar-refractivity contribution >= 4 is 46.2 Å². The highest BCUT2D eigenvalue weighted by molar-refractivity contribution is 6.31. The molecule has 2 heterocycles. The monoisotopic (exact) mass is 464 g/mol. The number of carbonyl (C=O) groups is 4. The van der Waals surface area contributed by atoms with Crippen molar-refractivity contribution in [3.05, 3.63) is 35.0 Å². The third-order valence-electron chi connectivity index (χ3n) is 5.55. The second-order valence-electron chi connectivity index (χ2n) is 7.85. The summed E-state index contributed by atoms with van der Waals surface area (Å²) in [6.45, 7) is -0.00695. The van der Waals surface area contributed by atoms with Crippen LogP contribution >= 0.6 is 11.6 Å². The molecule has 1 saturated heterocycles. The van der Waals surface area contributed by atoms with E-state index in [1.807, 2.05) is 12.1 Å². The highest BCUT2D eigenvalue weighted by atomic mass is 35.5. The minimum Gasteiger partial charge on any atom is -0.481 e. The molecule has 3 rings (SSSR count). The lowest BCUT2D eigenvalue weighted by molar-refractivity contribution is -0.139. The van der Waals surface area contributed by atoms with Crippen molar-refractivity contribution in [2.24, 2.45) is 5.73 Å². The van der Waals surface area contributed by atoms with Crippen LogP contribution in [0.15, 0.2) is 24.4 Å². The Hall–Kier alpha value is -3.11. The number of hydrogen-bond donors (Lipinski definition) is 5. The Morgan fingerprint density at radius 2 is 2.03 bits per heavy atom. The summed E-state index contributed by atoms with van der Waals surface area (Å²) in [6, 6.07) is 3.27. The molecule has 10 nitrogen and oxygen atoms in total. The van der Waals surface area contributed by atoms with Gasteiger partial charge in [-0.1, -0.05) is 11.6 Å². The standard InChI is InChI=1S/C21H25ClN4O6/c22-12-2-3-15-14(7-12)11(9-24-15)1-5-18(28)26-10-13(27)8-17(26)21(32)25-16(20(23)31)4-6-19(29)30/h2-3,7,9,13,16-17,24,27H,1,4-6,8,10H2,(H2,23,31)(H,25,32)(H,29,30)/t13-,16?,17+/m1/s1. The van der Waals surface area contributed by atoms with Crippen LogP contribution in [0, 0.1) is 0 Å². The van der Waals surface area contributed by atoms with Crippen LogP contribution in [0.2, 0.25) is 5.02 Å². The largest absolute Gasteiger partial charge is 0.481 e. The first-order valence-corrected chi connectivity index (χ1v) is 10.6. The maximum Gasteiger partial charge on any atom is 0.303 e. The first-order valence-electron chi connectivity index (χ1n) is 10.2. The van der Waals surface area contributed by atoms with E-state index in [-0.39, 0.29) is 38.1 Å². The van der Waals surface area contributed by atoms with Crippen LogP contribution in [0.1, 0.15) is 31.2 Å². The Labute approximate surface area is 188 Å². The van der Waals surface area contributed by atoms with Gasteiger partial charge in [-0.3, -0.25) is 19.2 Å². The van der Waals surface area contributed by atoms with Gasteiger partial charge in [-0.05, 0) is 36.6 Å². The van der Waals surface area contributed by atoms with Gasteiger partial charge in [-0.25, -0.2) is 0 Å². The molecule has 32 heavy (non-hydrogen) atoms. The van der Waals surface area contributed by atoms with E-state index in [9.17, 15) is 24.3 Å². The third kappa shape index (κ3) is 5.57. The summed E-state index contributed by atoms with van der Waals surface area (Å²) in [5, 5.41) is 22.7. The second-order valence-corrected chi connectivity index (χ2v) is 8.29. The lowest BCUT2D eigenvalue weighted by atomic mass is 10.1. The van der Waals surface area contributed by atoms with Crippen molar-refractivity contribution in [2.45, 2.75) is 50.3 Å². The number of carbonyl (C=O) groups excluding carboxylic acids is 3. The topological polar surface area (TPSA) is 166 Å². The number of likely N-dealkylation sites (tertiary alicyclic amines) is 1. The summed E-state index contributed by atoms with van der Waals surface area (Å²) in [5.74, 6) is -2.96. The molecule has 1 aromatic heterocycles. The molecule has 0 radical (unpaired) electrons. The van der Waals surface area contributed by atoms with Crippen molar-refractivity contribution < 1.29 is 29.4 Å². The van der Waals surface area contributed by atoms with Gasteiger partial charge in [-0.15, -0.1) is 0 Å². The van der Waals surface area contributed by atoms with Gasteiger partial charge in [0.2, 0.25) is 17.7 Å². The van der Waals surface area contributed by atoms with Crippen LogP contribution in [-0.4, -0.2) is 68.5 Å². The highest BCUT2D eigenvalue weighted by Crippen LogP contribution is 2.25. The van der Waals surface area contributed by atoms with E-state index in [0.29, 0.717) is 11.4 Å². The van der Waals surface area contributed by atoms with Crippen LogP contribution in [0.3, 0.4) is 0 Å². The number of carboxylic acid groups (broad SMARTS) is 1. The number of carboxylic acids is 1. The summed E-state index contributed by atoms with van der Waals surface area (Å²) >= 11 is 6.06. The first-order chi connectivity index (χ1) is 15.2. The summed E-state index contributed by atoms with van der Waals surface area (Å²) in [7, 11) is 0. The number of primary amides is 1. The number of aliphatic carboxylic acids is 1. The Bertz CT molecular complexity index is 1040. The molecule has 1 aromatic carbocycles. The Morgan fingerprint density at radius 3 is 2.72 bits per heavy atom. The van der Waals surface area contributed by atoms with Crippen molar-refractivity contribution in [2.75, 3.05) is 6.54 Å². The zero-order valence-electron chi connectivity index (χ0n) is 17.2. The van der Waals surface area contributed by atoms with Gasteiger partial charge in [-0.2, -0.15) is 0 Å². The molecule has 172 valence electrons. The summed E-state index contributed by atoms with van der Waals surface area (Å²) in [4.78, 5) is 52.3. The molecular formula is C21H25ClN4O6. The van der Waals surface area contributed by atoms with Gasteiger partial charge in [0, 0.05) is 47.9 Å². The number of H-pyrrole nitrogens is 1. The molecule has 3 amide bonds. The Balaban J connectivity index is 1.65. The minimum atomic E-state index is -1.18. The number of fused-ring (bicyclic) bond motifs is 1. The van der Waals surface area contributed by atoms with E-state index in [1.54, 1.807) is 12.3 Å². The molecule has 11 heteroatoms. The maximum absolute atomic E-state index is 12.9. The quantitative estimate of drug-likeness (QED) is 0.363. The van der Waals surface area contributed by atoms with Crippen molar-refractivity contribution in [1.82, 2.24) is 15.2 Å². The number of nitrogens with zero attached hydrogens (tertiary/aromatic N) is 1. The smallest absolute Gasteiger partial charge is 0.303 e. The minimum absolute atomic E-state index is 0.00695. The predicted molar refractivity (Wildman–Crippen MR) is 116 cm³/mol. The molecule has 0 aliphatic carbocycles. The zero-order valence-corrected chi connectivity index (χ0v) is 18.0. The third-order valence-corrected chi connectivity index (χ3v) is 5.78. The molecule has 6 N–H and O–H groups in total. The summed E-state index contributed by atoms with van der Waals surface area (Å²) < 4.78 is 0. The summed E-state index contributed by atoms with van der Waals surface area (Å²) in [6.07, 6.45) is 0.938. The van der Waals surface area contributed by atoms with Gasteiger partial charge in [0.15, 0.2) is 0 Å². The maximum atomic E-state index is 12.9. The molecule has 2 aromatic rings. The number of nitrogens with one attached hydrogen (secondary N) is 2. The number of aromatic nitrogens is 1. The Kier molecular flexibility index (Phi) is 7.37.